The van der Waals surface area contributed by atoms with E-state index in [9.17, 15) is 9.59 Å². The fraction of sp³-hybridized carbons (Fsp3) is 0.429. The number of ether oxygens (including phenoxy) is 3. The van der Waals surface area contributed by atoms with Crippen LogP contribution in [0.15, 0.2) is 12.1 Å². The molecule has 1 fully saturated rings. The molecule has 1 aliphatic heterocycles. The molecule has 1 aliphatic rings. The highest BCUT2D eigenvalue weighted by Crippen LogP contribution is 2.32. The molecule has 0 spiro atoms. The minimum absolute atomic E-state index is 0.151. The van der Waals surface area contributed by atoms with E-state index in [1.54, 1.807) is 17.0 Å². The van der Waals surface area contributed by atoms with Crippen LogP contribution in [-0.2, 0) is 9.53 Å². The van der Waals surface area contributed by atoms with E-state index in [0.29, 0.717) is 23.6 Å². The molecule has 22 heavy (non-hydrogen) atoms. The molecule has 0 aromatic heterocycles. The summed E-state index contributed by atoms with van der Waals surface area (Å²) >= 11 is 2.07. The second-order valence-electron chi connectivity index (χ2n) is 4.70. The Balaban J connectivity index is 2.27. The molecule has 1 saturated heterocycles. The number of nitrogens with two attached hydrogens (primary N) is 1. The van der Waals surface area contributed by atoms with Gasteiger partial charge in [0.15, 0.2) is 17.6 Å². The number of morpholine rings is 1. The smallest absolute Gasteiger partial charge is 0.255 e. The van der Waals surface area contributed by atoms with E-state index >= 15 is 0 Å². The number of halogens is 1. The largest absolute Gasteiger partial charge is 0.493 e. The van der Waals surface area contributed by atoms with Crippen LogP contribution < -0.4 is 15.2 Å². The molecule has 2 N–H and O–H groups in total. The summed E-state index contributed by atoms with van der Waals surface area (Å²) in [7, 11) is 3.05. The Morgan fingerprint density at radius 2 is 1.95 bits per heavy atom. The van der Waals surface area contributed by atoms with E-state index in [1.165, 1.54) is 14.2 Å². The minimum atomic E-state index is -0.768. The van der Waals surface area contributed by atoms with Gasteiger partial charge in [-0.25, -0.2) is 0 Å². The Morgan fingerprint density at radius 3 is 2.55 bits per heavy atom. The molecule has 1 unspecified atom stereocenters. The maximum atomic E-state index is 12.7. The van der Waals surface area contributed by atoms with Crippen LogP contribution in [0.25, 0.3) is 0 Å². The molecular weight excluding hydrogens is 403 g/mol. The van der Waals surface area contributed by atoms with Gasteiger partial charge in [-0.05, 0) is 34.7 Å². The number of carbonyl (C=O) groups excluding carboxylic acids is 2. The number of hydrogen-bond donors (Lipinski definition) is 1. The third-order valence-electron chi connectivity index (χ3n) is 3.37. The van der Waals surface area contributed by atoms with Crippen LogP contribution in [-0.4, -0.2) is 56.7 Å². The van der Waals surface area contributed by atoms with Gasteiger partial charge < -0.3 is 24.8 Å². The standard InChI is InChI=1S/C14H17IN2O5/c1-20-10-5-8(9(15)6-11(10)21-2)14(19)17-3-4-22-12(7-17)13(16)18/h5-6,12H,3-4,7H2,1-2H3,(H2,16,18). The van der Waals surface area contributed by atoms with Gasteiger partial charge in [0.1, 0.15) is 0 Å². The van der Waals surface area contributed by atoms with Crippen LogP contribution in [0.2, 0.25) is 0 Å². The lowest BCUT2D eigenvalue weighted by molar-refractivity contribution is -0.133. The van der Waals surface area contributed by atoms with Crippen molar-refractivity contribution in [3.05, 3.63) is 21.3 Å². The Morgan fingerprint density at radius 1 is 1.32 bits per heavy atom. The van der Waals surface area contributed by atoms with Crippen LogP contribution in [0, 0.1) is 3.57 Å². The zero-order chi connectivity index (χ0) is 16.3. The zero-order valence-electron chi connectivity index (χ0n) is 12.3. The van der Waals surface area contributed by atoms with E-state index in [1.807, 2.05) is 0 Å². The summed E-state index contributed by atoms with van der Waals surface area (Å²) in [5, 5.41) is 0. The Bertz CT molecular complexity index is 593. The molecule has 1 atom stereocenters. The van der Waals surface area contributed by atoms with Crippen LogP contribution >= 0.6 is 22.6 Å². The van der Waals surface area contributed by atoms with Gasteiger partial charge >= 0.3 is 0 Å². The van der Waals surface area contributed by atoms with Crippen molar-refractivity contribution in [2.75, 3.05) is 33.9 Å². The molecule has 1 aromatic carbocycles. The van der Waals surface area contributed by atoms with Gasteiger partial charge in [0.05, 0.1) is 32.9 Å². The molecule has 1 heterocycles. The van der Waals surface area contributed by atoms with Gasteiger partial charge in [-0.3, -0.25) is 9.59 Å². The summed E-state index contributed by atoms with van der Waals surface area (Å²) in [5.41, 5.74) is 5.73. The fourth-order valence-electron chi connectivity index (χ4n) is 2.19. The summed E-state index contributed by atoms with van der Waals surface area (Å²) < 4.78 is 16.4. The van der Waals surface area contributed by atoms with E-state index < -0.39 is 12.0 Å². The Kier molecular flexibility index (Phi) is 5.46. The van der Waals surface area contributed by atoms with Crippen LogP contribution in [0.3, 0.4) is 0 Å². The first kappa shape index (κ1) is 16.8. The predicted molar refractivity (Wildman–Crippen MR) is 87.1 cm³/mol. The summed E-state index contributed by atoms with van der Waals surface area (Å²) in [6, 6.07) is 3.37. The number of amides is 2. The normalized spacial score (nSPS) is 18.0. The number of nitrogens with zero attached hydrogens (tertiary/aromatic N) is 1. The quantitative estimate of drug-likeness (QED) is 0.722. The van der Waals surface area contributed by atoms with Gasteiger partial charge in [-0.15, -0.1) is 0 Å². The first-order valence-corrected chi connectivity index (χ1v) is 7.67. The minimum Gasteiger partial charge on any atom is -0.493 e. The molecule has 0 aliphatic carbocycles. The predicted octanol–water partition coefficient (Wildman–Crippen LogP) is 0.635. The number of methoxy groups -OCH3 is 2. The molecule has 2 rings (SSSR count). The maximum absolute atomic E-state index is 12.7. The molecule has 0 radical (unpaired) electrons. The molecule has 0 saturated carbocycles. The van der Waals surface area contributed by atoms with Crippen molar-refractivity contribution < 1.29 is 23.8 Å². The van der Waals surface area contributed by atoms with E-state index in [4.69, 9.17) is 19.9 Å². The first-order valence-electron chi connectivity index (χ1n) is 6.59. The molecule has 0 bridgehead atoms. The second kappa shape index (κ2) is 7.14. The van der Waals surface area contributed by atoms with E-state index in [2.05, 4.69) is 22.6 Å². The van der Waals surface area contributed by atoms with Gasteiger partial charge in [0, 0.05) is 10.1 Å². The summed E-state index contributed by atoms with van der Waals surface area (Å²) in [4.78, 5) is 25.5. The highest BCUT2D eigenvalue weighted by atomic mass is 127. The number of benzene rings is 1. The third kappa shape index (κ3) is 3.43. The van der Waals surface area contributed by atoms with Crippen molar-refractivity contribution in [1.29, 1.82) is 0 Å². The van der Waals surface area contributed by atoms with E-state index in [0.717, 1.165) is 3.57 Å². The Labute approximate surface area is 141 Å². The molecule has 1 aromatic rings. The van der Waals surface area contributed by atoms with Gasteiger partial charge in [-0.1, -0.05) is 0 Å². The van der Waals surface area contributed by atoms with Crippen LogP contribution in [0.4, 0.5) is 0 Å². The monoisotopic (exact) mass is 420 g/mol. The van der Waals surface area contributed by atoms with Crippen LogP contribution in [0.5, 0.6) is 11.5 Å². The van der Waals surface area contributed by atoms with Crippen molar-refractivity contribution >= 4 is 34.4 Å². The number of primary amides is 1. The second-order valence-corrected chi connectivity index (χ2v) is 5.86. The SMILES string of the molecule is COc1cc(I)c(C(=O)N2CCOC(C(N)=O)C2)cc1OC. The first-order chi connectivity index (χ1) is 10.5. The fourth-order valence-corrected chi connectivity index (χ4v) is 2.86. The molecular formula is C14H17IN2O5. The molecule has 8 heteroatoms. The number of hydrogen-bond acceptors (Lipinski definition) is 5. The topological polar surface area (TPSA) is 91.1 Å². The Hall–Kier alpha value is -1.55. The zero-order valence-corrected chi connectivity index (χ0v) is 14.5. The van der Waals surface area contributed by atoms with Gasteiger partial charge in [-0.2, -0.15) is 0 Å². The van der Waals surface area contributed by atoms with Crippen molar-refractivity contribution in [3.8, 4) is 11.5 Å². The van der Waals surface area contributed by atoms with Crippen molar-refractivity contribution in [2.45, 2.75) is 6.10 Å². The van der Waals surface area contributed by atoms with Gasteiger partial charge in [0.25, 0.3) is 5.91 Å². The number of carbonyl (C=O) groups is 2. The molecule has 2 amide bonds. The van der Waals surface area contributed by atoms with Crippen molar-refractivity contribution in [3.63, 3.8) is 0 Å². The van der Waals surface area contributed by atoms with E-state index in [-0.39, 0.29) is 19.1 Å². The number of rotatable bonds is 4. The van der Waals surface area contributed by atoms with Crippen LogP contribution in [0.1, 0.15) is 10.4 Å². The lowest BCUT2D eigenvalue weighted by atomic mass is 10.1. The maximum Gasteiger partial charge on any atom is 0.255 e. The highest BCUT2D eigenvalue weighted by Gasteiger charge is 2.29. The molecule has 120 valence electrons. The van der Waals surface area contributed by atoms with Crippen molar-refractivity contribution in [1.82, 2.24) is 4.90 Å². The average molecular weight is 420 g/mol. The molecule has 7 nitrogen and oxygen atoms in total. The summed E-state index contributed by atoms with van der Waals surface area (Å²) in [5.74, 6) is 0.269. The lowest BCUT2D eigenvalue weighted by Crippen LogP contribution is -2.50. The highest BCUT2D eigenvalue weighted by molar-refractivity contribution is 14.1. The lowest BCUT2D eigenvalue weighted by Gasteiger charge is -2.31. The average Bonchev–Trinajstić information content (AvgIpc) is 2.53. The summed E-state index contributed by atoms with van der Waals surface area (Å²) in [6.07, 6.45) is -0.768. The summed E-state index contributed by atoms with van der Waals surface area (Å²) in [6.45, 7) is 0.842. The van der Waals surface area contributed by atoms with Gasteiger partial charge in [0.2, 0.25) is 5.91 Å². The van der Waals surface area contributed by atoms with Crippen molar-refractivity contribution in [2.24, 2.45) is 5.73 Å². The third-order valence-corrected chi connectivity index (χ3v) is 4.27.